The molecule has 0 unspecified atom stereocenters. The Bertz CT molecular complexity index is 481. The lowest BCUT2D eigenvalue weighted by molar-refractivity contribution is 0.276. The van der Waals surface area contributed by atoms with E-state index in [9.17, 15) is 0 Å². The molecule has 0 radical (unpaired) electrons. The van der Waals surface area contributed by atoms with Crippen LogP contribution in [0.3, 0.4) is 0 Å². The van der Waals surface area contributed by atoms with Crippen LogP contribution in [0.1, 0.15) is 6.92 Å². The molecule has 108 valence electrons. The molecular formula is C16H22ClN3. The number of hydrogen-bond acceptors (Lipinski definition) is 3. The van der Waals surface area contributed by atoms with Crippen molar-refractivity contribution in [2.45, 2.75) is 6.92 Å². The fraction of sp³-hybridized carbons (Fsp3) is 0.500. The molecule has 4 heteroatoms. The summed E-state index contributed by atoms with van der Waals surface area (Å²) >= 11 is 5.94. The zero-order valence-corrected chi connectivity index (χ0v) is 12.8. The van der Waals surface area contributed by atoms with Crippen LogP contribution in [0.2, 0.25) is 5.02 Å². The van der Waals surface area contributed by atoms with Gasteiger partial charge in [0.25, 0.3) is 0 Å². The number of anilines is 1. The van der Waals surface area contributed by atoms with Gasteiger partial charge in [-0.05, 0) is 36.8 Å². The summed E-state index contributed by atoms with van der Waals surface area (Å²) in [6.45, 7) is 10.1. The lowest BCUT2D eigenvalue weighted by atomic mass is 10.0. The van der Waals surface area contributed by atoms with E-state index in [1.807, 2.05) is 12.1 Å². The molecule has 0 amide bonds. The molecule has 0 saturated carbocycles. The Morgan fingerprint density at radius 1 is 1.10 bits per heavy atom. The lowest BCUT2D eigenvalue weighted by Crippen LogP contribution is -2.47. The molecule has 2 fully saturated rings. The van der Waals surface area contributed by atoms with Crippen molar-refractivity contribution in [2.24, 2.45) is 0 Å². The largest absolute Gasteiger partial charge is 0.369 e. The van der Waals surface area contributed by atoms with Crippen molar-refractivity contribution in [1.29, 1.82) is 0 Å². The molecule has 2 saturated heterocycles. The fourth-order valence-electron chi connectivity index (χ4n) is 2.82. The molecule has 0 aromatic heterocycles. The average molecular weight is 292 g/mol. The predicted molar refractivity (Wildman–Crippen MR) is 85.7 cm³/mol. The van der Waals surface area contributed by atoms with E-state index >= 15 is 0 Å². The van der Waals surface area contributed by atoms with Gasteiger partial charge in [0, 0.05) is 56.5 Å². The highest BCUT2D eigenvalue weighted by Gasteiger charge is 2.19. The maximum absolute atomic E-state index is 5.94. The van der Waals surface area contributed by atoms with Crippen LogP contribution in [0.5, 0.6) is 0 Å². The summed E-state index contributed by atoms with van der Waals surface area (Å²) in [6.07, 6.45) is 0. The normalized spacial score (nSPS) is 19.9. The summed E-state index contributed by atoms with van der Waals surface area (Å²) < 4.78 is 0. The first-order valence-electron chi connectivity index (χ1n) is 7.33. The van der Waals surface area contributed by atoms with Crippen LogP contribution in [0, 0.1) is 0 Å². The molecule has 1 aromatic carbocycles. The summed E-state index contributed by atoms with van der Waals surface area (Å²) in [5.41, 5.74) is 4.45. The summed E-state index contributed by atoms with van der Waals surface area (Å²) in [5, 5.41) is 4.13. The van der Waals surface area contributed by atoms with Gasteiger partial charge in [-0.2, -0.15) is 0 Å². The van der Waals surface area contributed by atoms with Crippen LogP contribution >= 0.6 is 11.6 Å². The third-order valence-corrected chi connectivity index (χ3v) is 4.56. The van der Waals surface area contributed by atoms with Gasteiger partial charge in [0.1, 0.15) is 0 Å². The third-order valence-electron chi connectivity index (χ3n) is 4.31. The smallest absolute Gasteiger partial charge is 0.0407 e. The van der Waals surface area contributed by atoms with Crippen molar-refractivity contribution in [1.82, 2.24) is 10.2 Å². The molecular weight excluding hydrogens is 270 g/mol. The molecule has 2 aliphatic rings. The van der Waals surface area contributed by atoms with Gasteiger partial charge in [-0.25, -0.2) is 0 Å². The molecule has 3 nitrogen and oxygen atoms in total. The highest BCUT2D eigenvalue weighted by Crippen LogP contribution is 2.20. The molecule has 2 aliphatic heterocycles. The van der Waals surface area contributed by atoms with Gasteiger partial charge in [0.2, 0.25) is 0 Å². The van der Waals surface area contributed by atoms with E-state index < -0.39 is 0 Å². The summed E-state index contributed by atoms with van der Waals surface area (Å²) in [5.74, 6) is 0. The minimum Gasteiger partial charge on any atom is -0.369 e. The molecule has 2 heterocycles. The maximum Gasteiger partial charge on any atom is 0.0407 e. The van der Waals surface area contributed by atoms with E-state index in [4.69, 9.17) is 11.6 Å². The molecule has 20 heavy (non-hydrogen) atoms. The Morgan fingerprint density at radius 2 is 1.75 bits per heavy atom. The van der Waals surface area contributed by atoms with E-state index in [1.54, 1.807) is 11.1 Å². The van der Waals surface area contributed by atoms with E-state index in [2.05, 4.69) is 34.2 Å². The maximum atomic E-state index is 5.94. The van der Waals surface area contributed by atoms with Crippen molar-refractivity contribution in [3.05, 3.63) is 40.4 Å². The minimum atomic E-state index is 0.809. The second-order valence-corrected chi connectivity index (χ2v) is 6.16. The van der Waals surface area contributed by atoms with Crippen LogP contribution in [-0.4, -0.2) is 50.7 Å². The summed E-state index contributed by atoms with van der Waals surface area (Å²) in [4.78, 5) is 5.01. The van der Waals surface area contributed by atoms with Crippen LogP contribution in [-0.2, 0) is 0 Å². The number of benzene rings is 1. The number of halogens is 1. The van der Waals surface area contributed by atoms with Crippen molar-refractivity contribution < 1.29 is 0 Å². The van der Waals surface area contributed by atoms with Crippen molar-refractivity contribution >= 4 is 17.3 Å². The minimum absolute atomic E-state index is 0.809. The molecule has 3 rings (SSSR count). The highest BCUT2D eigenvalue weighted by atomic mass is 35.5. The molecule has 0 spiro atoms. The van der Waals surface area contributed by atoms with Gasteiger partial charge >= 0.3 is 0 Å². The number of nitrogens with zero attached hydrogens (tertiary/aromatic N) is 2. The second kappa shape index (κ2) is 6.17. The first-order chi connectivity index (χ1) is 9.72. The van der Waals surface area contributed by atoms with Crippen LogP contribution < -0.4 is 10.2 Å². The average Bonchev–Trinajstić information content (AvgIpc) is 2.38. The number of rotatable bonds is 3. The fourth-order valence-corrected chi connectivity index (χ4v) is 2.94. The monoisotopic (exact) mass is 291 g/mol. The summed E-state index contributed by atoms with van der Waals surface area (Å²) in [6, 6.07) is 8.18. The van der Waals surface area contributed by atoms with Crippen molar-refractivity contribution in [3.63, 3.8) is 0 Å². The molecule has 0 bridgehead atoms. The molecule has 1 N–H and O–H groups in total. The first kappa shape index (κ1) is 13.9. The van der Waals surface area contributed by atoms with Crippen LogP contribution in [0.4, 0.5) is 5.69 Å². The Balaban J connectivity index is 1.53. The third kappa shape index (κ3) is 3.17. The van der Waals surface area contributed by atoms with Gasteiger partial charge in [-0.15, -0.1) is 0 Å². The van der Waals surface area contributed by atoms with Crippen molar-refractivity contribution in [3.8, 4) is 0 Å². The lowest BCUT2D eigenvalue weighted by Gasteiger charge is -2.37. The van der Waals surface area contributed by atoms with Gasteiger partial charge in [-0.1, -0.05) is 17.2 Å². The second-order valence-electron chi connectivity index (χ2n) is 5.73. The van der Waals surface area contributed by atoms with Crippen molar-refractivity contribution in [2.75, 3.05) is 50.7 Å². The van der Waals surface area contributed by atoms with E-state index in [1.165, 1.54) is 5.69 Å². The highest BCUT2D eigenvalue weighted by molar-refractivity contribution is 6.30. The van der Waals surface area contributed by atoms with Crippen LogP contribution in [0.15, 0.2) is 35.4 Å². The Kier molecular flexibility index (Phi) is 4.29. The number of nitrogens with one attached hydrogen (secondary N) is 1. The Morgan fingerprint density at radius 3 is 2.30 bits per heavy atom. The number of hydrogen-bond donors (Lipinski definition) is 1. The summed E-state index contributed by atoms with van der Waals surface area (Å²) in [7, 11) is 0. The SMILES string of the molecule is CC(CN1CCN(c2ccc(Cl)cc2)CC1)=C1CNC1. The molecule has 1 aromatic rings. The van der Waals surface area contributed by atoms with Crippen LogP contribution in [0.25, 0.3) is 0 Å². The molecule has 0 atom stereocenters. The van der Waals surface area contributed by atoms with E-state index in [0.717, 1.165) is 50.8 Å². The number of piperazine rings is 1. The standard InChI is InChI=1S/C16H22ClN3/c1-13(14-10-18-11-14)12-19-6-8-20(9-7-19)16-4-2-15(17)3-5-16/h2-5,18H,6-12H2,1H3. The van der Waals surface area contributed by atoms with E-state index in [0.29, 0.717) is 0 Å². The first-order valence-corrected chi connectivity index (χ1v) is 7.71. The zero-order chi connectivity index (χ0) is 13.9. The van der Waals surface area contributed by atoms with Gasteiger partial charge in [0.15, 0.2) is 0 Å². The predicted octanol–water partition coefficient (Wildman–Crippen LogP) is 2.38. The van der Waals surface area contributed by atoms with Gasteiger partial charge < -0.3 is 10.2 Å². The Labute approximate surface area is 126 Å². The van der Waals surface area contributed by atoms with E-state index in [-0.39, 0.29) is 0 Å². The quantitative estimate of drug-likeness (QED) is 0.863. The Hall–Kier alpha value is -1.03. The topological polar surface area (TPSA) is 18.5 Å². The van der Waals surface area contributed by atoms with Gasteiger partial charge in [0.05, 0.1) is 0 Å². The van der Waals surface area contributed by atoms with Gasteiger partial charge in [-0.3, -0.25) is 4.90 Å². The molecule has 0 aliphatic carbocycles. The zero-order valence-electron chi connectivity index (χ0n) is 12.0.